The number of amides is 1. The molecule has 0 aromatic carbocycles. The van der Waals surface area contributed by atoms with E-state index in [1.807, 2.05) is 32.1 Å². The summed E-state index contributed by atoms with van der Waals surface area (Å²) in [5.74, 6) is 1.41. The first kappa shape index (κ1) is 19.4. The number of aromatic nitrogens is 3. The Hall–Kier alpha value is -2.41. The summed E-state index contributed by atoms with van der Waals surface area (Å²) in [6, 6.07) is 3.85. The van der Waals surface area contributed by atoms with Crippen molar-refractivity contribution in [1.82, 2.24) is 20.3 Å². The number of anilines is 2. The van der Waals surface area contributed by atoms with Gasteiger partial charge in [-0.3, -0.25) is 4.79 Å². The third-order valence-electron chi connectivity index (χ3n) is 4.77. The highest BCUT2D eigenvalue weighted by atomic mass is 35.5. The Labute approximate surface area is 164 Å². The second-order valence-corrected chi connectivity index (χ2v) is 7.46. The normalized spacial score (nSPS) is 19.4. The van der Waals surface area contributed by atoms with Crippen molar-refractivity contribution in [3.63, 3.8) is 0 Å². The zero-order chi connectivity index (χ0) is 19.4. The van der Waals surface area contributed by atoms with Gasteiger partial charge in [0, 0.05) is 44.1 Å². The minimum Gasteiger partial charge on any atom is -0.362 e. The van der Waals surface area contributed by atoms with Gasteiger partial charge < -0.3 is 15.5 Å². The molecule has 0 radical (unpaired) electrons. The Bertz CT molecular complexity index is 805. The molecule has 27 heavy (non-hydrogen) atoms. The summed E-state index contributed by atoms with van der Waals surface area (Å²) in [6.45, 7) is 2.00. The Morgan fingerprint density at radius 3 is 2.56 bits per heavy atom. The van der Waals surface area contributed by atoms with E-state index in [1.165, 1.54) is 0 Å². The van der Waals surface area contributed by atoms with Gasteiger partial charge in [0.25, 0.3) is 5.91 Å². The smallest absolute Gasteiger partial charge is 0.254 e. The highest BCUT2D eigenvalue weighted by Crippen LogP contribution is 2.23. The minimum absolute atomic E-state index is 0.142. The molecule has 144 valence electrons. The van der Waals surface area contributed by atoms with Crippen LogP contribution < -0.4 is 15.5 Å². The molecule has 8 heteroatoms. The molecule has 0 aliphatic heterocycles. The molecule has 2 N–H and O–H groups in total. The monoisotopic (exact) mass is 388 g/mol. The number of nitrogens with zero attached hydrogens (tertiary/aromatic N) is 4. The molecule has 0 spiro atoms. The van der Waals surface area contributed by atoms with E-state index in [9.17, 15) is 4.79 Å². The van der Waals surface area contributed by atoms with Gasteiger partial charge in [-0.1, -0.05) is 11.6 Å². The van der Waals surface area contributed by atoms with Crippen molar-refractivity contribution in [2.75, 3.05) is 24.3 Å². The van der Waals surface area contributed by atoms with E-state index >= 15 is 0 Å². The summed E-state index contributed by atoms with van der Waals surface area (Å²) in [6.07, 6.45) is 7.10. The van der Waals surface area contributed by atoms with Gasteiger partial charge in [-0.25, -0.2) is 9.97 Å². The number of carbonyl (C=O) groups is 1. The summed E-state index contributed by atoms with van der Waals surface area (Å²) >= 11 is 6.00. The molecule has 1 aliphatic carbocycles. The molecule has 0 unspecified atom stereocenters. The molecule has 1 aliphatic rings. The average Bonchev–Trinajstić information content (AvgIpc) is 2.65. The van der Waals surface area contributed by atoms with Crippen molar-refractivity contribution in [2.24, 2.45) is 0 Å². The lowest BCUT2D eigenvalue weighted by Crippen LogP contribution is -2.40. The molecule has 0 bridgehead atoms. The van der Waals surface area contributed by atoms with Crippen LogP contribution in [0.2, 0.25) is 5.15 Å². The van der Waals surface area contributed by atoms with Gasteiger partial charge in [0.1, 0.15) is 11.0 Å². The van der Waals surface area contributed by atoms with Crippen LogP contribution >= 0.6 is 11.6 Å². The first-order chi connectivity index (χ1) is 12.9. The fourth-order valence-corrected chi connectivity index (χ4v) is 3.54. The van der Waals surface area contributed by atoms with Crippen molar-refractivity contribution in [1.29, 1.82) is 0 Å². The Balaban J connectivity index is 1.53. The van der Waals surface area contributed by atoms with Crippen LogP contribution in [0.5, 0.6) is 0 Å². The van der Waals surface area contributed by atoms with Gasteiger partial charge in [-0.15, -0.1) is 0 Å². The molecule has 1 fully saturated rings. The van der Waals surface area contributed by atoms with Gasteiger partial charge in [-0.05, 0) is 44.7 Å². The highest BCUT2D eigenvalue weighted by Gasteiger charge is 2.24. The van der Waals surface area contributed by atoms with Gasteiger partial charge in [-0.2, -0.15) is 4.98 Å². The first-order valence-electron chi connectivity index (χ1n) is 9.13. The maximum atomic E-state index is 12.4. The summed E-state index contributed by atoms with van der Waals surface area (Å²) in [4.78, 5) is 27.3. The highest BCUT2D eigenvalue weighted by molar-refractivity contribution is 6.32. The predicted octanol–water partition coefficient (Wildman–Crippen LogP) is 3.05. The number of rotatable bonds is 5. The third-order valence-corrected chi connectivity index (χ3v) is 5.07. The number of halogens is 1. The number of aryl methyl sites for hydroxylation is 1. The standard InChI is InChI=1S/C19H25ClN6O/c1-12-11-22-19(25-17(12)26(2)3)24-14-8-6-13(7-9-14)23-18(27)15-5-4-10-21-16(15)20/h4-5,10-11,13-14H,6-9H2,1-3H3,(H,23,27)(H,22,24,25). The van der Waals surface area contributed by atoms with Gasteiger partial charge in [0.15, 0.2) is 0 Å². The van der Waals surface area contributed by atoms with E-state index in [1.54, 1.807) is 18.3 Å². The zero-order valence-corrected chi connectivity index (χ0v) is 16.6. The van der Waals surface area contributed by atoms with E-state index in [-0.39, 0.29) is 17.1 Å². The topological polar surface area (TPSA) is 83.0 Å². The Morgan fingerprint density at radius 1 is 1.19 bits per heavy atom. The van der Waals surface area contributed by atoms with Crippen molar-refractivity contribution < 1.29 is 4.79 Å². The maximum Gasteiger partial charge on any atom is 0.254 e. The molecule has 3 rings (SSSR count). The van der Waals surface area contributed by atoms with Crippen molar-refractivity contribution in [3.05, 3.63) is 40.8 Å². The number of pyridine rings is 1. The second-order valence-electron chi connectivity index (χ2n) is 7.10. The average molecular weight is 389 g/mol. The van der Waals surface area contributed by atoms with Gasteiger partial charge >= 0.3 is 0 Å². The van der Waals surface area contributed by atoms with Crippen LogP contribution in [0.1, 0.15) is 41.6 Å². The lowest BCUT2D eigenvalue weighted by atomic mass is 9.91. The van der Waals surface area contributed by atoms with E-state index in [0.717, 1.165) is 37.1 Å². The molecule has 2 heterocycles. The summed E-state index contributed by atoms with van der Waals surface area (Å²) in [5.41, 5.74) is 1.47. The predicted molar refractivity (Wildman–Crippen MR) is 107 cm³/mol. The summed E-state index contributed by atoms with van der Waals surface area (Å²) in [7, 11) is 3.95. The SMILES string of the molecule is Cc1cnc(NC2CCC(NC(=O)c3cccnc3Cl)CC2)nc1N(C)C. The molecular formula is C19H25ClN6O. The van der Waals surface area contributed by atoms with E-state index in [0.29, 0.717) is 17.6 Å². The van der Waals surface area contributed by atoms with Crippen LogP contribution in [0.25, 0.3) is 0 Å². The lowest BCUT2D eigenvalue weighted by Gasteiger charge is -2.30. The minimum atomic E-state index is -0.165. The number of hydrogen-bond acceptors (Lipinski definition) is 6. The molecule has 1 amide bonds. The molecule has 0 saturated heterocycles. The maximum absolute atomic E-state index is 12.4. The quantitative estimate of drug-likeness (QED) is 0.766. The van der Waals surface area contributed by atoms with Crippen LogP contribution in [-0.4, -0.2) is 47.0 Å². The van der Waals surface area contributed by atoms with Crippen molar-refractivity contribution in [3.8, 4) is 0 Å². The van der Waals surface area contributed by atoms with Crippen molar-refractivity contribution >= 4 is 29.3 Å². The van der Waals surface area contributed by atoms with Crippen LogP contribution in [-0.2, 0) is 0 Å². The zero-order valence-electron chi connectivity index (χ0n) is 15.9. The van der Waals surface area contributed by atoms with E-state index < -0.39 is 0 Å². The summed E-state index contributed by atoms with van der Waals surface area (Å²) in [5, 5.41) is 6.72. The van der Waals surface area contributed by atoms with Crippen LogP contribution in [0, 0.1) is 6.92 Å². The third kappa shape index (κ3) is 4.86. The summed E-state index contributed by atoms with van der Waals surface area (Å²) < 4.78 is 0. The van der Waals surface area contributed by atoms with Crippen LogP contribution in [0.4, 0.5) is 11.8 Å². The Kier molecular flexibility index (Phi) is 6.11. The van der Waals surface area contributed by atoms with Crippen LogP contribution in [0.3, 0.4) is 0 Å². The molecule has 2 aromatic heterocycles. The van der Waals surface area contributed by atoms with E-state index in [4.69, 9.17) is 11.6 Å². The number of nitrogens with one attached hydrogen (secondary N) is 2. The first-order valence-corrected chi connectivity index (χ1v) is 9.50. The second kappa shape index (κ2) is 8.52. The van der Waals surface area contributed by atoms with Crippen molar-refractivity contribution in [2.45, 2.75) is 44.7 Å². The van der Waals surface area contributed by atoms with E-state index in [2.05, 4.69) is 25.6 Å². The fraction of sp³-hybridized carbons (Fsp3) is 0.474. The van der Waals surface area contributed by atoms with Gasteiger partial charge in [0.2, 0.25) is 5.95 Å². The van der Waals surface area contributed by atoms with Gasteiger partial charge in [0.05, 0.1) is 5.56 Å². The number of hydrogen-bond donors (Lipinski definition) is 2. The Morgan fingerprint density at radius 2 is 1.89 bits per heavy atom. The molecular weight excluding hydrogens is 364 g/mol. The fourth-order valence-electron chi connectivity index (χ4n) is 3.34. The number of carbonyl (C=O) groups excluding carboxylic acids is 1. The lowest BCUT2D eigenvalue weighted by molar-refractivity contribution is 0.0926. The van der Waals surface area contributed by atoms with Crippen LogP contribution in [0.15, 0.2) is 24.5 Å². The molecule has 0 atom stereocenters. The molecule has 1 saturated carbocycles. The molecule has 2 aromatic rings. The molecule has 7 nitrogen and oxygen atoms in total. The largest absolute Gasteiger partial charge is 0.362 e.